The summed E-state index contributed by atoms with van der Waals surface area (Å²) in [4.78, 5) is 22.4. The SMILES string of the molecule is COC(=O)CNC(=O)c1cccc(N)c1Cl. The number of hydrogen-bond donors (Lipinski definition) is 2. The molecule has 16 heavy (non-hydrogen) atoms. The van der Waals surface area contributed by atoms with Gasteiger partial charge in [-0.1, -0.05) is 17.7 Å². The van der Waals surface area contributed by atoms with Gasteiger partial charge < -0.3 is 15.8 Å². The quantitative estimate of drug-likeness (QED) is 0.608. The van der Waals surface area contributed by atoms with Crippen LogP contribution in [0, 0.1) is 0 Å². The van der Waals surface area contributed by atoms with Gasteiger partial charge in [0.2, 0.25) is 0 Å². The number of nitrogens with one attached hydrogen (secondary N) is 1. The summed E-state index contributed by atoms with van der Waals surface area (Å²) in [5, 5.41) is 2.54. The van der Waals surface area contributed by atoms with Gasteiger partial charge in [0.05, 0.1) is 23.4 Å². The highest BCUT2D eigenvalue weighted by Gasteiger charge is 2.12. The van der Waals surface area contributed by atoms with Crippen LogP contribution in [-0.4, -0.2) is 25.5 Å². The van der Waals surface area contributed by atoms with Crippen LogP contribution in [0.2, 0.25) is 5.02 Å². The summed E-state index contributed by atoms with van der Waals surface area (Å²) in [7, 11) is 1.24. The number of anilines is 1. The molecular formula is C10H11ClN2O3. The van der Waals surface area contributed by atoms with Crippen molar-refractivity contribution in [1.29, 1.82) is 0 Å². The van der Waals surface area contributed by atoms with Gasteiger partial charge in [0.1, 0.15) is 6.54 Å². The van der Waals surface area contributed by atoms with Crippen LogP contribution in [0.5, 0.6) is 0 Å². The van der Waals surface area contributed by atoms with Crippen molar-refractivity contribution in [3.63, 3.8) is 0 Å². The summed E-state index contributed by atoms with van der Waals surface area (Å²) in [5.41, 5.74) is 6.08. The maximum atomic E-state index is 11.6. The zero-order chi connectivity index (χ0) is 12.1. The maximum Gasteiger partial charge on any atom is 0.325 e. The zero-order valence-electron chi connectivity index (χ0n) is 8.62. The van der Waals surface area contributed by atoms with E-state index in [0.717, 1.165) is 0 Å². The molecule has 1 aromatic carbocycles. The summed E-state index contributed by atoms with van der Waals surface area (Å²) in [6.45, 7) is -0.208. The van der Waals surface area contributed by atoms with E-state index in [2.05, 4.69) is 10.1 Å². The Kier molecular flexibility index (Phi) is 4.13. The lowest BCUT2D eigenvalue weighted by Gasteiger charge is -2.06. The molecular weight excluding hydrogens is 232 g/mol. The van der Waals surface area contributed by atoms with Crippen molar-refractivity contribution in [3.05, 3.63) is 28.8 Å². The standard InChI is InChI=1S/C10H11ClN2O3/c1-16-8(14)5-13-10(15)6-3-2-4-7(12)9(6)11/h2-4H,5,12H2,1H3,(H,13,15). The number of nitrogens with two attached hydrogens (primary N) is 1. The Balaban J connectivity index is 2.74. The molecule has 0 aromatic heterocycles. The van der Waals surface area contributed by atoms with Gasteiger partial charge in [0, 0.05) is 0 Å². The van der Waals surface area contributed by atoms with E-state index in [9.17, 15) is 9.59 Å². The van der Waals surface area contributed by atoms with Gasteiger partial charge in [-0.25, -0.2) is 0 Å². The molecule has 1 aromatic rings. The summed E-state index contributed by atoms with van der Waals surface area (Å²) < 4.78 is 4.38. The van der Waals surface area contributed by atoms with Crippen molar-refractivity contribution in [1.82, 2.24) is 5.32 Å². The molecule has 1 rings (SSSR count). The average Bonchev–Trinajstić information content (AvgIpc) is 2.29. The monoisotopic (exact) mass is 242 g/mol. The predicted molar refractivity (Wildman–Crippen MR) is 60.2 cm³/mol. The molecule has 0 radical (unpaired) electrons. The highest BCUT2D eigenvalue weighted by molar-refractivity contribution is 6.36. The average molecular weight is 243 g/mol. The molecule has 0 atom stereocenters. The molecule has 0 aliphatic heterocycles. The number of benzene rings is 1. The lowest BCUT2D eigenvalue weighted by molar-refractivity contribution is -0.139. The number of nitrogen functional groups attached to an aromatic ring is 1. The van der Waals surface area contributed by atoms with Crippen LogP contribution >= 0.6 is 11.6 Å². The molecule has 0 saturated heterocycles. The third-order valence-electron chi connectivity index (χ3n) is 1.89. The summed E-state index contributed by atoms with van der Waals surface area (Å²) in [5.74, 6) is -1.00. The second kappa shape index (κ2) is 5.37. The Labute approximate surface area is 97.5 Å². The molecule has 86 valence electrons. The fraction of sp³-hybridized carbons (Fsp3) is 0.200. The first-order valence-corrected chi connectivity index (χ1v) is 4.83. The highest BCUT2D eigenvalue weighted by Crippen LogP contribution is 2.22. The first kappa shape index (κ1) is 12.3. The van der Waals surface area contributed by atoms with E-state index in [1.54, 1.807) is 12.1 Å². The van der Waals surface area contributed by atoms with Crippen LogP contribution in [0.1, 0.15) is 10.4 Å². The number of amides is 1. The van der Waals surface area contributed by atoms with Crippen molar-refractivity contribution in [2.75, 3.05) is 19.4 Å². The van der Waals surface area contributed by atoms with Crippen LogP contribution in [-0.2, 0) is 9.53 Å². The van der Waals surface area contributed by atoms with Gasteiger partial charge in [-0.3, -0.25) is 9.59 Å². The lowest BCUT2D eigenvalue weighted by atomic mass is 10.2. The molecule has 6 heteroatoms. The normalized spacial score (nSPS) is 9.62. The number of ether oxygens (including phenoxy) is 1. The number of carbonyl (C=O) groups excluding carboxylic acids is 2. The first-order valence-electron chi connectivity index (χ1n) is 4.45. The van der Waals surface area contributed by atoms with E-state index < -0.39 is 11.9 Å². The van der Waals surface area contributed by atoms with Crippen LogP contribution in [0.25, 0.3) is 0 Å². The third-order valence-corrected chi connectivity index (χ3v) is 2.32. The van der Waals surface area contributed by atoms with Crippen molar-refractivity contribution < 1.29 is 14.3 Å². The minimum Gasteiger partial charge on any atom is -0.468 e. The van der Waals surface area contributed by atoms with E-state index in [0.29, 0.717) is 5.69 Å². The zero-order valence-corrected chi connectivity index (χ0v) is 9.38. The second-order valence-electron chi connectivity index (χ2n) is 2.97. The van der Waals surface area contributed by atoms with Crippen LogP contribution < -0.4 is 11.1 Å². The number of esters is 1. The predicted octanol–water partition coefficient (Wildman–Crippen LogP) is 0.825. The molecule has 1 amide bonds. The van der Waals surface area contributed by atoms with E-state index in [1.807, 2.05) is 0 Å². The number of hydrogen-bond acceptors (Lipinski definition) is 4. The smallest absolute Gasteiger partial charge is 0.325 e. The van der Waals surface area contributed by atoms with Crippen LogP contribution in [0.3, 0.4) is 0 Å². The minimum atomic E-state index is -0.534. The summed E-state index contributed by atoms with van der Waals surface area (Å²) in [6, 6.07) is 4.71. The first-order chi connectivity index (χ1) is 7.56. The van der Waals surface area contributed by atoms with Crippen molar-refractivity contribution >= 4 is 29.2 Å². The molecule has 0 bridgehead atoms. The third kappa shape index (κ3) is 2.87. The Bertz CT molecular complexity index is 421. The van der Waals surface area contributed by atoms with E-state index >= 15 is 0 Å². The highest BCUT2D eigenvalue weighted by atomic mass is 35.5. The molecule has 0 aliphatic rings. The lowest BCUT2D eigenvalue weighted by Crippen LogP contribution is -2.30. The Morgan fingerprint density at radius 3 is 2.81 bits per heavy atom. The van der Waals surface area contributed by atoms with Gasteiger partial charge >= 0.3 is 5.97 Å². The molecule has 0 saturated carbocycles. The van der Waals surface area contributed by atoms with Gasteiger partial charge in [-0.2, -0.15) is 0 Å². The molecule has 0 heterocycles. The van der Waals surface area contributed by atoms with Crippen molar-refractivity contribution in [2.45, 2.75) is 0 Å². The van der Waals surface area contributed by atoms with Gasteiger partial charge in [-0.15, -0.1) is 0 Å². The second-order valence-corrected chi connectivity index (χ2v) is 3.35. The Hall–Kier alpha value is -1.75. The van der Waals surface area contributed by atoms with Gasteiger partial charge in [0.15, 0.2) is 0 Å². The molecule has 0 aliphatic carbocycles. The molecule has 0 fully saturated rings. The number of methoxy groups -OCH3 is 1. The minimum absolute atomic E-state index is 0.171. The molecule has 5 nitrogen and oxygen atoms in total. The fourth-order valence-electron chi connectivity index (χ4n) is 1.05. The van der Waals surface area contributed by atoms with Crippen LogP contribution in [0.4, 0.5) is 5.69 Å². The molecule has 0 unspecified atom stereocenters. The van der Waals surface area contributed by atoms with Gasteiger partial charge in [-0.05, 0) is 12.1 Å². The van der Waals surface area contributed by atoms with Crippen molar-refractivity contribution in [3.8, 4) is 0 Å². The van der Waals surface area contributed by atoms with Gasteiger partial charge in [0.25, 0.3) is 5.91 Å². The molecule has 3 N–H and O–H groups in total. The number of carbonyl (C=O) groups is 2. The van der Waals surface area contributed by atoms with Crippen LogP contribution in [0.15, 0.2) is 18.2 Å². The van der Waals surface area contributed by atoms with E-state index in [4.69, 9.17) is 17.3 Å². The molecule has 0 spiro atoms. The number of halogens is 1. The fourth-order valence-corrected chi connectivity index (χ4v) is 1.26. The van der Waals surface area contributed by atoms with E-state index in [-0.39, 0.29) is 17.1 Å². The Morgan fingerprint density at radius 1 is 1.50 bits per heavy atom. The topological polar surface area (TPSA) is 81.4 Å². The Morgan fingerprint density at radius 2 is 2.19 bits per heavy atom. The number of rotatable bonds is 3. The van der Waals surface area contributed by atoms with Crippen molar-refractivity contribution in [2.24, 2.45) is 0 Å². The van der Waals surface area contributed by atoms with E-state index in [1.165, 1.54) is 13.2 Å². The largest absolute Gasteiger partial charge is 0.468 e. The summed E-state index contributed by atoms with van der Waals surface area (Å²) >= 11 is 5.84. The summed E-state index contributed by atoms with van der Waals surface area (Å²) in [6.07, 6.45) is 0. The maximum absolute atomic E-state index is 11.6.